The number of alkyl halides is 1. The fourth-order valence-corrected chi connectivity index (χ4v) is 5.25. The fourth-order valence-electron chi connectivity index (χ4n) is 3.04. The molecule has 46 heavy (non-hydrogen) atoms. The topological polar surface area (TPSA) is 36.9 Å². The lowest BCUT2D eigenvalue weighted by Crippen LogP contribution is -2.19. The van der Waals surface area contributed by atoms with Crippen molar-refractivity contribution in [1.82, 2.24) is 0 Å². The molecule has 4 nitrogen and oxygen atoms in total. The molecule has 8 heteroatoms. The number of hydrogen-bond acceptors (Lipinski definition) is 7. The molecular formula is C38H61BrO4S3. The van der Waals surface area contributed by atoms with Crippen molar-refractivity contribution in [1.29, 1.82) is 0 Å². The second kappa shape index (κ2) is 39.8. The van der Waals surface area contributed by atoms with Gasteiger partial charge < -0.3 is 18.9 Å². The average Bonchev–Trinajstić information content (AvgIpc) is 3.61. The van der Waals surface area contributed by atoms with Crippen LogP contribution in [0.15, 0.2) is 106 Å². The molecule has 262 valence electrons. The summed E-state index contributed by atoms with van der Waals surface area (Å²) in [6.07, 6.45) is -0.162. The lowest BCUT2D eigenvalue weighted by atomic mass is 10.3. The van der Waals surface area contributed by atoms with Gasteiger partial charge in [0.05, 0.1) is 5.33 Å². The van der Waals surface area contributed by atoms with Crippen LogP contribution in [-0.2, 0) is 18.9 Å². The average molecular weight is 758 g/mol. The third kappa shape index (κ3) is 28.8. The van der Waals surface area contributed by atoms with E-state index in [9.17, 15) is 0 Å². The molecule has 0 atom stereocenters. The van der Waals surface area contributed by atoms with Gasteiger partial charge in [-0.25, -0.2) is 0 Å². The molecule has 1 aromatic heterocycles. The molecule has 0 fully saturated rings. The third-order valence-corrected chi connectivity index (χ3v) is 7.55. The molecule has 0 saturated heterocycles. The number of rotatable bonds is 12. The lowest BCUT2D eigenvalue weighted by molar-refractivity contribution is -0.120. The number of thioether (sulfide) groups is 1. The summed E-state index contributed by atoms with van der Waals surface area (Å²) in [5.41, 5.74) is 0. The van der Waals surface area contributed by atoms with Crippen LogP contribution in [0.25, 0.3) is 10.1 Å². The van der Waals surface area contributed by atoms with E-state index in [1.165, 1.54) is 15.0 Å². The quantitative estimate of drug-likeness (QED) is 0.0674. The maximum absolute atomic E-state index is 5.46. The summed E-state index contributed by atoms with van der Waals surface area (Å²) in [5.74, 6) is 0.839. The van der Waals surface area contributed by atoms with Gasteiger partial charge in [-0.2, -0.15) is 0 Å². The summed E-state index contributed by atoms with van der Waals surface area (Å²) in [4.78, 5) is 2.27. The Balaban J connectivity index is -0.000000524. The van der Waals surface area contributed by atoms with Crippen molar-refractivity contribution < 1.29 is 18.9 Å². The second-order valence-corrected chi connectivity index (χ2v) is 11.0. The van der Waals surface area contributed by atoms with Crippen LogP contribution in [0.1, 0.15) is 69.2 Å². The third-order valence-electron chi connectivity index (χ3n) is 4.78. The predicted octanol–water partition coefficient (Wildman–Crippen LogP) is 12.9. The molecular weight excluding hydrogens is 697 g/mol. The standard InChI is InChI=1S/C12H18O2S.C8H6S.C6H13BrO2.C6H6S.3C2H6/c1-3-13-12(14-4-2)10-15-11-8-6-5-7-9-11;1-2-4-8-7(3-1)5-6-9-8;1-3-8-6(5-7)9-4-2;7-6-4-2-1-3-5-6;3*1-2/h5-9,12H,3-4,10H2,1-2H3;1-6H;6H,3-5H2,1-2H3;1-5,7H;3*1-2H3. The Hall–Kier alpha value is -1.36. The smallest absolute Gasteiger partial charge is 0.167 e. The van der Waals surface area contributed by atoms with Gasteiger partial charge in [0, 0.05) is 46.7 Å². The highest BCUT2D eigenvalue weighted by atomic mass is 79.9. The van der Waals surface area contributed by atoms with Gasteiger partial charge in [-0.15, -0.1) is 35.7 Å². The minimum atomic E-state index is -0.0924. The Morgan fingerprint density at radius 3 is 1.46 bits per heavy atom. The van der Waals surface area contributed by atoms with E-state index in [0.717, 1.165) is 16.0 Å². The molecule has 0 saturated carbocycles. The number of thiophene rings is 1. The number of halogens is 1. The second-order valence-electron chi connectivity index (χ2n) is 7.75. The first kappa shape index (κ1) is 49.0. The molecule has 1 heterocycles. The van der Waals surface area contributed by atoms with E-state index < -0.39 is 0 Å². The summed E-state index contributed by atoms with van der Waals surface area (Å²) < 4.78 is 22.6. The van der Waals surface area contributed by atoms with Crippen molar-refractivity contribution in [3.8, 4) is 0 Å². The zero-order valence-corrected chi connectivity index (χ0v) is 34.0. The number of ether oxygens (including phenoxy) is 4. The first-order valence-electron chi connectivity index (χ1n) is 16.4. The zero-order chi connectivity index (χ0) is 35.3. The Morgan fingerprint density at radius 1 is 0.609 bits per heavy atom. The van der Waals surface area contributed by atoms with Crippen LogP contribution in [0.3, 0.4) is 0 Å². The maximum atomic E-state index is 5.46. The highest BCUT2D eigenvalue weighted by Crippen LogP contribution is 2.20. The van der Waals surface area contributed by atoms with E-state index in [0.29, 0.717) is 26.4 Å². The van der Waals surface area contributed by atoms with Gasteiger partial charge in [0.2, 0.25) is 0 Å². The van der Waals surface area contributed by atoms with Crippen molar-refractivity contribution in [2.75, 3.05) is 37.5 Å². The first-order valence-corrected chi connectivity index (χ1v) is 19.9. The van der Waals surface area contributed by atoms with E-state index in [1.54, 1.807) is 23.1 Å². The van der Waals surface area contributed by atoms with E-state index in [2.05, 4.69) is 76.4 Å². The normalized spacial score (nSPS) is 9.35. The molecule has 4 aromatic rings. The fraction of sp³-hybridized carbons (Fsp3) is 0.474. The van der Waals surface area contributed by atoms with Crippen LogP contribution in [0.2, 0.25) is 0 Å². The molecule has 0 spiro atoms. The Kier molecular flexibility index (Phi) is 42.4. The number of thiol groups is 1. The molecule has 0 unspecified atom stereocenters. The van der Waals surface area contributed by atoms with Crippen LogP contribution in [0.4, 0.5) is 0 Å². The van der Waals surface area contributed by atoms with E-state index in [-0.39, 0.29) is 12.6 Å². The molecule has 0 aliphatic carbocycles. The molecule has 0 amide bonds. The van der Waals surface area contributed by atoms with E-state index >= 15 is 0 Å². The van der Waals surface area contributed by atoms with Crippen LogP contribution in [0.5, 0.6) is 0 Å². The lowest BCUT2D eigenvalue weighted by Gasteiger charge is -2.16. The summed E-state index contributed by atoms with van der Waals surface area (Å²) in [7, 11) is 0. The summed E-state index contributed by atoms with van der Waals surface area (Å²) in [5, 5.41) is 4.21. The SMILES string of the molecule is CC.CC.CC.CCOC(CBr)OCC.CCOC(CSc1ccccc1)OCC.Sc1ccccc1.c1ccc2sccc2c1. The van der Waals surface area contributed by atoms with Gasteiger partial charge in [-0.3, -0.25) is 0 Å². The first-order chi connectivity index (χ1) is 22.6. The Labute approximate surface area is 304 Å². The van der Waals surface area contributed by atoms with Gasteiger partial charge in [0.15, 0.2) is 12.6 Å². The van der Waals surface area contributed by atoms with Gasteiger partial charge >= 0.3 is 0 Å². The molecule has 0 aliphatic heterocycles. The van der Waals surface area contributed by atoms with Gasteiger partial charge in [-0.05, 0) is 74.9 Å². The van der Waals surface area contributed by atoms with Gasteiger partial charge in [0.1, 0.15) is 0 Å². The van der Waals surface area contributed by atoms with Crippen LogP contribution >= 0.6 is 51.7 Å². The highest BCUT2D eigenvalue weighted by Gasteiger charge is 2.08. The van der Waals surface area contributed by atoms with Gasteiger partial charge in [-0.1, -0.05) is 112 Å². The van der Waals surface area contributed by atoms with Crippen molar-refractivity contribution in [2.45, 2.75) is 91.6 Å². The Bertz CT molecular complexity index is 1040. The highest BCUT2D eigenvalue weighted by molar-refractivity contribution is 9.09. The van der Waals surface area contributed by atoms with Crippen molar-refractivity contribution in [2.24, 2.45) is 0 Å². The maximum Gasteiger partial charge on any atom is 0.167 e. The van der Waals surface area contributed by atoms with Crippen LogP contribution in [0, 0.1) is 0 Å². The summed E-state index contributed by atoms with van der Waals surface area (Å²) >= 11 is 10.9. The summed E-state index contributed by atoms with van der Waals surface area (Å²) in [6.45, 7) is 22.7. The van der Waals surface area contributed by atoms with Crippen molar-refractivity contribution in [3.63, 3.8) is 0 Å². The van der Waals surface area contributed by atoms with Crippen LogP contribution < -0.4 is 0 Å². The minimum absolute atomic E-state index is 0.0694. The van der Waals surface area contributed by atoms with Crippen molar-refractivity contribution >= 4 is 61.7 Å². The number of hydrogen-bond donors (Lipinski definition) is 1. The van der Waals surface area contributed by atoms with E-state index in [4.69, 9.17) is 18.9 Å². The summed E-state index contributed by atoms with van der Waals surface area (Å²) in [6, 6.07) is 30.6. The van der Waals surface area contributed by atoms with E-state index in [1.807, 2.05) is 118 Å². The van der Waals surface area contributed by atoms with Crippen molar-refractivity contribution in [3.05, 3.63) is 96.4 Å². The molecule has 0 N–H and O–H groups in total. The minimum Gasteiger partial charge on any atom is -0.352 e. The monoisotopic (exact) mass is 756 g/mol. The van der Waals surface area contributed by atoms with Gasteiger partial charge in [0.25, 0.3) is 0 Å². The van der Waals surface area contributed by atoms with Crippen LogP contribution in [-0.4, -0.2) is 50.1 Å². The largest absolute Gasteiger partial charge is 0.352 e. The molecule has 0 radical (unpaired) electrons. The molecule has 4 rings (SSSR count). The molecule has 3 aromatic carbocycles. The Morgan fingerprint density at radius 2 is 1.04 bits per heavy atom. The number of fused-ring (bicyclic) bond motifs is 1. The molecule has 0 aliphatic rings. The molecule has 0 bridgehead atoms. The predicted molar refractivity (Wildman–Crippen MR) is 215 cm³/mol. The zero-order valence-electron chi connectivity index (χ0n) is 29.9. The number of benzene rings is 3.